The average molecular weight is 319 g/mol. The molecule has 122 valence electrons. The van der Waals surface area contributed by atoms with E-state index < -0.39 is 29.8 Å². The molecule has 0 atom stereocenters. The van der Waals surface area contributed by atoms with E-state index in [-0.39, 0.29) is 11.6 Å². The minimum Gasteiger partial charge on any atom is -0.323 e. The van der Waals surface area contributed by atoms with Crippen LogP contribution in [-0.4, -0.2) is 34.8 Å². The first kappa shape index (κ1) is 15.5. The van der Waals surface area contributed by atoms with Crippen molar-refractivity contribution in [2.45, 2.75) is 38.1 Å². The van der Waals surface area contributed by atoms with Crippen LogP contribution in [-0.2, 0) is 9.59 Å². The van der Waals surface area contributed by atoms with Gasteiger partial charge in [-0.25, -0.2) is 9.18 Å². The smallest absolute Gasteiger partial charge is 0.323 e. The number of halogens is 1. The van der Waals surface area contributed by atoms with Crippen molar-refractivity contribution in [3.63, 3.8) is 0 Å². The first-order chi connectivity index (χ1) is 10.9. The highest BCUT2D eigenvalue weighted by molar-refractivity contribution is 6.10. The molecule has 23 heavy (non-hydrogen) atoms. The predicted octanol–water partition coefficient (Wildman–Crippen LogP) is 1.94. The number of imide groups is 1. The van der Waals surface area contributed by atoms with Gasteiger partial charge < -0.3 is 10.6 Å². The molecular weight excluding hydrogens is 301 g/mol. The van der Waals surface area contributed by atoms with Crippen molar-refractivity contribution < 1.29 is 18.8 Å². The molecule has 1 aromatic rings. The molecule has 1 heterocycles. The standard InChI is InChI=1S/C16H18FN3O3/c1-10-4-5-12(11(17)8-10)18-13(21)9-20-14(22)16(19-15(20)23)6-2-3-7-16/h4-5,8H,2-3,6-7,9H2,1H3,(H,18,21)(H,19,23). The zero-order valence-electron chi connectivity index (χ0n) is 12.8. The van der Waals surface area contributed by atoms with Crippen LogP contribution in [0.5, 0.6) is 0 Å². The van der Waals surface area contributed by atoms with Crippen molar-refractivity contribution in [3.05, 3.63) is 29.6 Å². The molecule has 1 saturated carbocycles. The van der Waals surface area contributed by atoms with E-state index in [0.29, 0.717) is 12.8 Å². The molecule has 6 nitrogen and oxygen atoms in total. The van der Waals surface area contributed by atoms with E-state index in [4.69, 9.17) is 0 Å². The summed E-state index contributed by atoms with van der Waals surface area (Å²) in [6.45, 7) is 1.32. The minimum atomic E-state index is -0.841. The van der Waals surface area contributed by atoms with Crippen molar-refractivity contribution in [1.29, 1.82) is 0 Å². The summed E-state index contributed by atoms with van der Waals surface area (Å²) in [5, 5.41) is 5.10. The normalized spacial score (nSPS) is 19.3. The second-order valence-electron chi connectivity index (χ2n) is 6.14. The summed E-state index contributed by atoms with van der Waals surface area (Å²) < 4.78 is 13.7. The van der Waals surface area contributed by atoms with Gasteiger partial charge >= 0.3 is 6.03 Å². The predicted molar refractivity (Wildman–Crippen MR) is 81.2 cm³/mol. The molecule has 0 aromatic heterocycles. The highest BCUT2D eigenvalue weighted by atomic mass is 19.1. The number of benzene rings is 1. The van der Waals surface area contributed by atoms with Gasteiger partial charge in [-0.1, -0.05) is 18.9 Å². The zero-order chi connectivity index (χ0) is 16.6. The molecule has 4 amide bonds. The van der Waals surface area contributed by atoms with Gasteiger partial charge in [0.1, 0.15) is 17.9 Å². The van der Waals surface area contributed by atoms with E-state index in [1.807, 2.05) is 0 Å². The van der Waals surface area contributed by atoms with Crippen LogP contribution in [0.15, 0.2) is 18.2 Å². The topological polar surface area (TPSA) is 78.5 Å². The van der Waals surface area contributed by atoms with Crippen LogP contribution in [0.4, 0.5) is 14.9 Å². The summed E-state index contributed by atoms with van der Waals surface area (Å²) in [6, 6.07) is 3.86. The van der Waals surface area contributed by atoms with Gasteiger partial charge in [-0.2, -0.15) is 0 Å². The highest BCUT2D eigenvalue weighted by Crippen LogP contribution is 2.34. The fourth-order valence-corrected chi connectivity index (χ4v) is 3.19. The van der Waals surface area contributed by atoms with E-state index >= 15 is 0 Å². The third-order valence-corrected chi connectivity index (χ3v) is 4.40. The Kier molecular flexibility index (Phi) is 3.79. The lowest BCUT2D eigenvalue weighted by molar-refractivity contribution is -0.133. The van der Waals surface area contributed by atoms with Gasteiger partial charge in [0.2, 0.25) is 5.91 Å². The Morgan fingerprint density at radius 3 is 2.70 bits per heavy atom. The Hall–Kier alpha value is -2.44. The van der Waals surface area contributed by atoms with E-state index in [0.717, 1.165) is 23.3 Å². The maximum Gasteiger partial charge on any atom is 0.325 e. The van der Waals surface area contributed by atoms with Crippen molar-refractivity contribution in [2.75, 3.05) is 11.9 Å². The first-order valence-electron chi connectivity index (χ1n) is 7.61. The lowest BCUT2D eigenvalue weighted by Gasteiger charge is -2.19. The van der Waals surface area contributed by atoms with E-state index in [9.17, 15) is 18.8 Å². The Labute approximate surface area is 133 Å². The largest absolute Gasteiger partial charge is 0.325 e. The molecular formula is C16H18FN3O3. The number of aryl methyl sites for hydroxylation is 1. The zero-order valence-corrected chi connectivity index (χ0v) is 12.8. The van der Waals surface area contributed by atoms with Crippen LogP contribution in [0.1, 0.15) is 31.2 Å². The molecule has 2 N–H and O–H groups in total. The molecule has 1 aliphatic carbocycles. The molecule has 2 aliphatic rings. The van der Waals surface area contributed by atoms with Crippen LogP contribution in [0.3, 0.4) is 0 Å². The van der Waals surface area contributed by atoms with Crippen molar-refractivity contribution in [3.8, 4) is 0 Å². The SMILES string of the molecule is Cc1ccc(NC(=O)CN2C(=O)NC3(CCCC3)C2=O)c(F)c1. The summed E-state index contributed by atoms with van der Waals surface area (Å²) in [5.74, 6) is -1.52. The number of hydrogen-bond acceptors (Lipinski definition) is 3. The van der Waals surface area contributed by atoms with Gasteiger partial charge in [-0.15, -0.1) is 0 Å². The van der Waals surface area contributed by atoms with Gasteiger partial charge in [0.15, 0.2) is 0 Å². The number of carbonyl (C=O) groups is 3. The van der Waals surface area contributed by atoms with Crippen molar-refractivity contribution >= 4 is 23.5 Å². The second-order valence-corrected chi connectivity index (χ2v) is 6.14. The number of hydrogen-bond donors (Lipinski definition) is 2. The second kappa shape index (κ2) is 5.64. The third-order valence-electron chi connectivity index (χ3n) is 4.40. The third kappa shape index (κ3) is 2.78. The molecule has 2 fully saturated rings. The summed E-state index contributed by atoms with van der Waals surface area (Å²) >= 11 is 0. The number of anilines is 1. The summed E-state index contributed by atoms with van der Waals surface area (Å²) in [5.41, 5.74) is -0.0760. The van der Waals surface area contributed by atoms with Crippen LogP contribution in [0, 0.1) is 12.7 Å². The molecule has 3 rings (SSSR count). The van der Waals surface area contributed by atoms with Crippen LogP contribution in [0.2, 0.25) is 0 Å². The van der Waals surface area contributed by atoms with E-state index in [1.54, 1.807) is 13.0 Å². The Morgan fingerprint density at radius 1 is 1.35 bits per heavy atom. The lowest BCUT2D eigenvalue weighted by Crippen LogP contribution is -2.44. The molecule has 0 unspecified atom stereocenters. The quantitative estimate of drug-likeness (QED) is 0.836. The fourth-order valence-electron chi connectivity index (χ4n) is 3.19. The Bertz CT molecular complexity index is 683. The van der Waals surface area contributed by atoms with Crippen LogP contribution < -0.4 is 10.6 Å². The molecule has 1 aliphatic heterocycles. The monoisotopic (exact) mass is 319 g/mol. The van der Waals surface area contributed by atoms with Crippen molar-refractivity contribution in [2.24, 2.45) is 0 Å². The Morgan fingerprint density at radius 2 is 2.04 bits per heavy atom. The fraction of sp³-hybridized carbons (Fsp3) is 0.438. The molecule has 0 bridgehead atoms. The van der Waals surface area contributed by atoms with E-state index in [2.05, 4.69) is 10.6 Å². The van der Waals surface area contributed by atoms with Crippen LogP contribution >= 0.6 is 0 Å². The average Bonchev–Trinajstić information content (AvgIpc) is 3.04. The number of amides is 4. The van der Waals surface area contributed by atoms with Gasteiger partial charge in [-0.05, 0) is 37.5 Å². The molecule has 7 heteroatoms. The number of urea groups is 1. The van der Waals surface area contributed by atoms with E-state index in [1.165, 1.54) is 12.1 Å². The summed E-state index contributed by atoms with van der Waals surface area (Å²) in [7, 11) is 0. The lowest BCUT2D eigenvalue weighted by atomic mass is 9.98. The maximum atomic E-state index is 13.7. The molecule has 1 saturated heterocycles. The van der Waals surface area contributed by atoms with Gasteiger partial charge in [-0.3, -0.25) is 14.5 Å². The van der Waals surface area contributed by atoms with Gasteiger partial charge in [0, 0.05) is 0 Å². The molecule has 0 radical (unpaired) electrons. The van der Waals surface area contributed by atoms with Gasteiger partial charge in [0.05, 0.1) is 5.69 Å². The Balaban J connectivity index is 1.68. The number of carbonyl (C=O) groups excluding carboxylic acids is 3. The number of nitrogens with one attached hydrogen (secondary N) is 2. The summed E-state index contributed by atoms with van der Waals surface area (Å²) in [4.78, 5) is 37.4. The highest BCUT2D eigenvalue weighted by Gasteiger charge is 2.52. The van der Waals surface area contributed by atoms with Gasteiger partial charge in [0.25, 0.3) is 5.91 Å². The number of nitrogens with zero attached hydrogens (tertiary/aromatic N) is 1. The minimum absolute atomic E-state index is 0.0308. The number of rotatable bonds is 3. The maximum absolute atomic E-state index is 13.7. The molecule has 1 spiro atoms. The summed E-state index contributed by atoms with van der Waals surface area (Å²) in [6.07, 6.45) is 2.95. The first-order valence-corrected chi connectivity index (χ1v) is 7.61. The van der Waals surface area contributed by atoms with Crippen LogP contribution in [0.25, 0.3) is 0 Å². The van der Waals surface area contributed by atoms with Crippen molar-refractivity contribution in [1.82, 2.24) is 10.2 Å². The molecule has 1 aromatic carbocycles.